The summed E-state index contributed by atoms with van der Waals surface area (Å²) in [5.41, 5.74) is 11.1. The molecule has 1 radical (unpaired) electrons. The van der Waals surface area contributed by atoms with Gasteiger partial charge in [0.15, 0.2) is 0 Å². The molecule has 1 saturated carbocycles. The molecule has 3 nitrogen and oxygen atoms in total. The largest absolute Gasteiger partial charge is 0.501 e. The number of pyridine rings is 2. The van der Waals surface area contributed by atoms with Crippen molar-refractivity contribution in [2.45, 2.75) is 84.9 Å². The maximum Gasteiger partial charge on any atom is 0.121 e. The first-order valence-electron chi connectivity index (χ1n) is 19.3. The van der Waals surface area contributed by atoms with E-state index in [0.29, 0.717) is 5.92 Å². The second-order valence-electron chi connectivity index (χ2n) is 16.8. The first-order valence-corrected chi connectivity index (χ1v) is 22.8. The molecule has 4 aromatic carbocycles. The van der Waals surface area contributed by atoms with Crippen LogP contribution in [0.4, 0.5) is 0 Å². The van der Waals surface area contributed by atoms with Crippen LogP contribution in [0.3, 0.4) is 0 Å². The van der Waals surface area contributed by atoms with Gasteiger partial charge in [-0.15, -0.1) is 54.1 Å². The van der Waals surface area contributed by atoms with Gasteiger partial charge >= 0.3 is 0 Å². The van der Waals surface area contributed by atoms with Crippen LogP contribution in [-0.2, 0) is 31.9 Å². The van der Waals surface area contributed by atoms with E-state index >= 15 is 0 Å². The predicted molar refractivity (Wildman–Crippen MR) is 226 cm³/mol. The van der Waals surface area contributed by atoms with E-state index in [0.717, 1.165) is 62.4 Å². The Morgan fingerprint density at radius 3 is 2.24 bits per heavy atom. The SMILES string of the molecule is CC(C)(c1ccnc(-c2[c-]ccc3c2oc2cc(-c4ccccc4)ccc23)c1)C1CCCC1.CC(C)Cc1cc(-c2[c-]cccc2)ncc1[Si](C)(C)C.[Ir]. The van der Waals surface area contributed by atoms with Gasteiger partial charge in [-0.3, -0.25) is 0 Å². The fraction of sp³-hybridized carbons (Fsp3) is 0.306. The van der Waals surface area contributed by atoms with Crippen molar-refractivity contribution in [3.8, 4) is 33.6 Å². The Hall–Kier alpha value is -4.15. The van der Waals surface area contributed by atoms with E-state index in [1.165, 1.54) is 47.6 Å². The molecule has 7 aromatic rings. The molecule has 0 N–H and O–H groups in total. The first-order chi connectivity index (χ1) is 25.5. The summed E-state index contributed by atoms with van der Waals surface area (Å²) >= 11 is 0. The third kappa shape index (κ3) is 8.55. The predicted octanol–water partition coefficient (Wildman–Crippen LogP) is 12.9. The van der Waals surface area contributed by atoms with Crippen LogP contribution in [-0.4, -0.2) is 18.0 Å². The fourth-order valence-corrected chi connectivity index (χ4v) is 9.66. The summed E-state index contributed by atoms with van der Waals surface area (Å²) in [5, 5.41) is 3.73. The van der Waals surface area contributed by atoms with Gasteiger partial charge in [0.25, 0.3) is 0 Å². The van der Waals surface area contributed by atoms with Crippen molar-refractivity contribution in [2.75, 3.05) is 0 Å². The van der Waals surface area contributed by atoms with Gasteiger partial charge < -0.3 is 14.4 Å². The molecule has 0 spiro atoms. The monoisotopic (exact) mass is 905 g/mol. The number of furan rings is 1. The third-order valence-electron chi connectivity index (χ3n) is 11.1. The van der Waals surface area contributed by atoms with Crippen molar-refractivity contribution < 1.29 is 24.5 Å². The molecule has 1 aliphatic rings. The molecule has 0 unspecified atom stereocenters. The molecule has 8 rings (SSSR count). The molecule has 0 amide bonds. The summed E-state index contributed by atoms with van der Waals surface area (Å²) in [6.45, 7) is 16.5. The normalized spacial score (nSPS) is 13.6. The van der Waals surface area contributed by atoms with Crippen LogP contribution in [0.25, 0.3) is 55.6 Å². The molecule has 279 valence electrons. The van der Waals surface area contributed by atoms with Gasteiger partial charge in [-0.05, 0) is 81.9 Å². The van der Waals surface area contributed by atoms with Crippen LogP contribution < -0.4 is 5.19 Å². The number of rotatable bonds is 8. The zero-order valence-corrected chi connectivity index (χ0v) is 36.2. The molecule has 1 aliphatic carbocycles. The van der Waals surface area contributed by atoms with Gasteiger partial charge in [0.1, 0.15) is 5.58 Å². The number of aromatic nitrogens is 2. The summed E-state index contributed by atoms with van der Waals surface area (Å²) in [6, 6.07) is 42.5. The molecule has 1 fully saturated rings. The second-order valence-corrected chi connectivity index (χ2v) is 21.8. The minimum Gasteiger partial charge on any atom is -0.501 e. The van der Waals surface area contributed by atoms with Gasteiger partial charge in [-0.25, -0.2) is 0 Å². The quantitative estimate of drug-likeness (QED) is 0.113. The number of hydrogen-bond donors (Lipinski definition) is 0. The van der Waals surface area contributed by atoms with Crippen LogP contribution in [0.1, 0.15) is 64.5 Å². The molecular weight excluding hydrogens is 853 g/mol. The second kappa shape index (κ2) is 16.7. The Morgan fingerprint density at radius 2 is 1.54 bits per heavy atom. The van der Waals surface area contributed by atoms with Crippen LogP contribution >= 0.6 is 0 Å². The number of benzene rings is 4. The standard InChI is InChI=1S/C31H28NO.C18H24NSi.Ir/c1-31(2,23-11-6-7-12-23)24-17-18-32-28(20-24)27-14-8-13-26-25-16-15-22(19-29(25)33-30(26)27)21-9-4-3-5-10-21;1-14(2)11-16-12-17(15-9-7-6-8-10-15)19-13-18(16)20(3,4)5;/h3-5,8-10,13,15-20,23H,6-7,11-12H2,1-2H3;6-9,12-14H,11H2,1-5H3;/q2*-1;. The van der Waals surface area contributed by atoms with E-state index in [4.69, 9.17) is 9.40 Å². The Kier molecular flexibility index (Phi) is 12.2. The van der Waals surface area contributed by atoms with Crippen LogP contribution in [0.15, 0.2) is 120 Å². The molecule has 0 atom stereocenters. The zero-order chi connectivity index (χ0) is 37.2. The van der Waals surface area contributed by atoms with Crippen LogP contribution in [0.5, 0.6) is 0 Å². The Bertz CT molecular complexity index is 2320. The summed E-state index contributed by atoms with van der Waals surface area (Å²) in [6.07, 6.45) is 10.5. The van der Waals surface area contributed by atoms with E-state index in [-0.39, 0.29) is 25.5 Å². The van der Waals surface area contributed by atoms with Gasteiger partial charge in [-0.1, -0.05) is 131 Å². The van der Waals surface area contributed by atoms with Crippen molar-refractivity contribution >= 4 is 35.2 Å². The molecule has 54 heavy (non-hydrogen) atoms. The zero-order valence-electron chi connectivity index (χ0n) is 32.8. The third-order valence-corrected chi connectivity index (χ3v) is 13.2. The molecule has 0 saturated heterocycles. The van der Waals surface area contributed by atoms with Gasteiger partial charge in [0.2, 0.25) is 0 Å². The van der Waals surface area contributed by atoms with Gasteiger partial charge in [-0.2, -0.15) is 0 Å². The number of fused-ring (bicyclic) bond motifs is 3. The fourth-order valence-electron chi connectivity index (χ4n) is 8.07. The molecule has 3 aromatic heterocycles. The maximum atomic E-state index is 6.45. The van der Waals surface area contributed by atoms with Crippen LogP contribution in [0, 0.1) is 24.0 Å². The van der Waals surface area contributed by atoms with Crippen molar-refractivity contribution in [1.29, 1.82) is 0 Å². The molecular formula is C49H52IrN2OSi-2. The summed E-state index contributed by atoms with van der Waals surface area (Å²) in [4.78, 5) is 9.43. The minimum atomic E-state index is -1.34. The van der Waals surface area contributed by atoms with Crippen molar-refractivity contribution in [3.63, 3.8) is 0 Å². The Labute approximate surface area is 337 Å². The smallest absolute Gasteiger partial charge is 0.121 e. The topological polar surface area (TPSA) is 38.9 Å². The summed E-state index contributed by atoms with van der Waals surface area (Å²) in [5.74, 6) is 1.40. The van der Waals surface area contributed by atoms with Crippen molar-refractivity contribution in [1.82, 2.24) is 9.97 Å². The average Bonchev–Trinajstić information content (AvgIpc) is 3.84. The van der Waals surface area contributed by atoms with Gasteiger partial charge in [0.05, 0.1) is 13.7 Å². The minimum absolute atomic E-state index is 0. The Balaban J connectivity index is 0.000000205. The van der Waals surface area contributed by atoms with E-state index < -0.39 is 8.07 Å². The summed E-state index contributed by atoms with van der Waals surface area (Å²) < 4.78 is 6.45. The summed E-state index contributed by atoms with van der Waals surface area (Å²) in [7, 11) is -1.34. The van der Waals surface area contributed by atoms with E-state index in [9.17, 15) is 0 Å². The average molecular weight is 905 g/mol. The van der Waals surface area contributed by atoms with Gasteiger partial charge in [0, 0.05) is 37.9 Å². The molecule has 5 heteroatoms. The first kappa shape index (κ1) is 39.5. The Morgan fingerprint density at radius 1 is 0.778 bits per heavy atom. The molecule has 0 aliphatic heterocycles. The van der Waals surface area contributed by atoms with E-state index in [2.05, 4.69) is 143 Å². The van der Waals surface area contributed by atoms with Crippen molar-refractivity contribution in [3.05, 3.63) is 139 Å². The molecule has 0 bridgehead atoms. The maximum absolute atomic E-state index is 6.45. The number of hydrogen-bond acceptors (Lipinski definition) is 3. The number of nitrogens with zero attached hydrogens (tertiary/aromatic N) is 2. The van der Waals surface area contributed by atoms with E-state index in [1.807, 2.05) is 36.5 Å². The molecule has 3 heterocycles. The van der Waals surface area contributed by atoms with E-state index in [1.54, 1.807) is 0 Å². The van der Waals surface area contributed by atoms with Crippen LogP contribution in [0.2, 0.25) is 19.6 Å². The van der Waals surface area contributed by atoms with Crippen molar-refractivity contribution in [2.24, 2.45) is 11.8 Å².